The highest BCUT2D eigenvalue weighted by atomic mass is 32.2. The maximum Gasteiger partial charge on any atom is 0.238 e. The molecule has 1 aliphatic rings. The lowest BCUT2D eigenvalue weighted by Gasteiger charge is -2.22. The molecule has 0 amide bonds. The van der Waals surface area contributed by atoms with Crippen LogP contribution >= 0.6 is 0 Å². The zero-order valence-electron chi connectivity index (χ0n) is 14.7. The Morgan fingerprint density at radius 1 is 1.38 bits per heavy atom. The van der Waals surface area contributed by atoms with Crippen LogP contribution in [0.25, 0.3) is 0 Å². The molecule has 1 atom stereocenters. The fraction of sp³-hybridized carbons (Fsp3) is 0.588. The van der Waals surface area contributed by atoms with Crippen LogP contribution in [0, 0.1) is 11.8 Å². The molecule has 6 nitrogen and oxygen atoms in total. The van der Waals surface area contributed by atoms with Gasteiger partial charge in [-0.25, -0.2) is 13.6 Å². The van der Waals surface area contributed by atoms with Crippen molar-refractivity contribution in [3.05, 3.63) is 29.8 Å². The molecule has 24 heavy (non-hydrogen) atoms. The minimum atomic E-state index is -3.64. The zero-order chi connectivity index (χ0) is 17.7. The van der Waals surface area contributed by atoms with Gasteiger partial charge >= 0.3 is 0 Å². The Bertz CT molecular complexity index is 668. The van der Waals surface area contributed by atoms with Gasteiger partial charge in [0, 0.05) is 26.7 Å². The van der Waals surface area contributed by atoms with Crippen molar-refractivity contribution in [1.82, 2.24) is 10.2 Å². The lowest BCUT2D eigenvalue weighted by molar-refractivity contribution is 0.403. The average Bonchev–Trinajstić information content (AvgIpc) is 2.95. The SMILES string of the molecule is CN=C(NCc1ccc(S(N)(=O)=O)cc1)N1CCC(CC(C)C)C1. The van der Waals surface area contributed by atoms with E-state index in [1.807, 2.05) is 0 Å². The van der Waals surface area contributed by atoms with E-state index >= 15 is 0 Å². The van der Waals surface area contributed by atoms with E-state index in [1.165, 1.54) is 25.0 Å². The molecule has 1 unspecified atom stereocenters. The summed E-state index contributed by atoms with van der Waals surface area (Å²) in [5.41, 5.74) is 0.987. The monoisotopic (exact) mass is 352 g/mol. The van der Waals surface area contributed by atoms with E-state index in [2.05, 4.69) is 29.1 Å². The smallest absolute Gasteiger partial charge is 0.238 e. The van der Waals surface area contributed by atoms with Crippen molar-refractivity contribution >= 4 is 16.0 Å². The lowest BCUT2D eigenvalue weighted by Crippen LogP contribution is -2.39. The second kappa shape index (κ2) is 7.98. The number of rotatable bonds is 5. The van der Waals surface area contributed by atoms with E-state index < -0.39 is 10.0 Å². The van der Waals surface area contributed by atoms with Gasteiger partial charge < -0.3 is 10.2 Å². The van der Waals surface area contributed by atoms with E-state index in [0.717, 1.165) is 36.4 Å². The largest absolute Gasteiger partial charge is 0.352 e. The number of aliphatic imine (C=N–C) groups is 1. The molecular formula is C17H28N4O2S. The highest BCUT2D eigenvalue weighted by Crippen LogP contribution is 2.23. The Morgan fingerprint density at radius 2 is 2.04 bits per heavy atom. The summed E-state index contributed by atoms with van der Waals surface area (Å²) in [7, 11) is -1.84. The van der Waals surface area contributed by atoms with Crippen molar-refractivity contribution in [3.63, 3.8) is 0 Å². The number of benzene rings is 1. The minimum Gasteiger partial charge on any atom is -0.352 e. The molecule has 1 aromatic rings. The molecule has 1 saturated heterocycles. The molecule has 0 radical (unpaired) electrons. The standard InChI is InChI=1S/C17H28N4O2S/c1-13(2)10-15-8-9-21(12-15)17(19-3)20-11-14-4-6-16(7-5-14)24(18,22)23/h4-7,13,15H,8-12H2,1-3H3,(H,19,20)(H2,18,22,23). The maximum absolute atomic E-state index is 11.3. The predicted molar refractivity (Wildman–Crippen MR) is 97.1 cm³/mol. The van der Waals surface area contributed by atoms with Crippen molar-refractivity contribution in [2.45, 2.75) is 38.1 Å². The third-order valence-electron chi connectivity index (χ3n) is 4.30. The number of guanidine groups is 1. The molecule has 0 aromatic heterocycles. The summed E-state index contributed by atoms with van der Waals surface area (Å²) in [6, 6.07) is 6.60. The van der Waals surface area contributed by atoms with Crippen LogP contribution < -0.4 is 10.5 Å². The maximum atomic E-state index is 11.3. The molecule has 1 fully saturated rings. The normalized spacial score (nSPS) is 19.1. The van der Waals surface area contributed by atoms with Crippen molar-refractivity contribution in [2.24, 2.45) is 22.0 Å². The van der Waals surface area contributed by atoms with Crippen LogP contribution in [-0.2, 0) is 16.6 Å². The first kappa shape index (κ1) is 18.7. The van der Waals surface area contributed by atoms with Gasteiger partial charge in [-0.05, 0) is 42.4 Å². The number of sulfonamides is 1. The fourth-order valence-corrected chi connectivity index (χ4v) is 3.71. The first-order chi connectivity index (χ1) is 11.3. The van der Waals surface area contributed by atoms with Gasteiger partial charge in [-0.3, -0.25) is 4.99 Å². The topological polar surface area (TPSA) is 87.8 Å². The number of hydrogen-bond acceptors (Lipinski definition) is 3. The van der Waals surface area contributed by atoms with Gasteiger partial charge in [0.2, 0.25) is 10.0 Å². The van der Waals surface area contributed by atoms with Crippen LogP contribution in [0.4, 0.5) is 0 Å². The van der Waals surface area contributed by atoms with Crippen LogP contribution in [0.15, 0.2) is 34.2 Å². The van der Waals surface area contributed by atoms with Crippen LogP contribution in [0.3, 0.4) is 0 Å². The van der Waals surface area contributed by atoms with Crippen molar-refractivity contribution in [2.75, 3.05) is 20.1 Å². The molecule has 3 N–H and O–H groups in total. The zero-order valence-corrected chi connectivity index (χ0v) is 15.5. The van der Waals surface area contributed by atoms with Crippen LogP contribution in [-0.4, -0.2) is 39.4 Å². The van der Waals surface area contributed by atoms with E-state index in [0.29, 0.717) is 6.54 Å². The molecule has 0 saturated carbocycles. The van der Waals surface area contributed by atoms with Crippen LogP contribution in [0.5, 0.6) is 0 Å². The summed E-state index contributed by atoms with van der Waals surface area (Å²) in [6.07, 6.45) is 2.46. The third-order valence-corrected chi connectivity index (χ3v) is 5.23. The molecule has 134 valence electrons. The van der Waals surface area contributed by atoms with E-state index in [1.54, 1.807) is 19.2 Å². The first-order valence-corrected chi connectivity index (χ1v) is 9.91. The lowest BCUT2D eigenvalue weighted by atomic mass is 9.97. The van der Waals surface area contributed by atoms with Crippen LogP contribution in [0.2, 0.25) is 0 Å². The predicted octanol–water partition coefficient (Wildman–Crippen LogP) is 1.78. The molecule has 1 aromatic carbocycles. The molecule has 0 bridgehead atoms. The first-order valence-electron chi connectivity index (χ1n) is 8.37. The Morgan fingerprint density at radius 3 is 2.58 bits per heavy atom. The van der Waals surface area contributed by atoms with Gasteiger partial charge in [-0.1, -0.05) is 26.0 Å². The molecule has 0 aliphatic carbocycles. The third kappa shape index (κ3) is 5.21. The van der Waals surface area contributed by atoms with Gasteiger partial charge in [-0.2, -0.15) is 0 Å². The van der Waals surface area contributed by atoms with E-state index in [9.17, 15) is 8.42 Å². The second-order valence-corrected chi connectivity index (χ2v) is 8.38. The summed E-state index contributed by atoms with van der Waals surface area (Å²) in [5, 5.41) is 8.47. The Labute approximate surface area is 145 Å². The van der Waals surface area contributed by atoms with E-state index in [4.69, 9.17) is 5.14 Å². The second-order valence-electron chi connectivity index (χ2n) is 6.82. The average molecular weight is 353 g/mol. The van der Waals surface area contributed by atoms with Gasteiger partial charge in [0.05, 0.1) is 4.90 Å². The Hall–Kier alpha value is -1.60. The van der Waals surface area contributed by atoms with Crippen LogP contribution in [0.1, 0.15) is 32.3 Å². The number of hydrogen-bond donors (Lipinski definition) is 2. The molecule has 0 spiro atoms. The van der Waals surface area contributed by atoms with E-state index in [-0.39, 0.29) is 4.90 Å². The van der Waals surface area contributed by atoms with Gasteiger partial charge in [0.1, 0.15) is 0 Å². The van der Waals surface area contributed by atoms with Gasteiger partial charge in [0.25, 0.3) is 0 Å². The summed E-state index contributed by atoms with van der Waals surface area (Å²) in [5.74, 6) is 2.36. The van der Waals surface area contributed by atoms with Crippen molar-refractivity contribution < 1.29 is 8.42 Å². The number of primary sulfonamides is 1. The summed E-state index contributed by atoms with van der Waals surface area (Å²) < 4.78 is 22.5. The minimum absolute atomic E-state index is 0.131. The number of likely N-dealkylation sites (tertiary alicyclic amines) is 1. The molecular weight excluding hydrogens is 324 g/mol. The number of nitrogens with two attached hydrogens (primary N) is 1. The highest BCUT2D eigenvalue weighted by Gasteiger charge is 2.25. The van der Waals surface area contributed by atoms with Crippen molar-refractivity contribution in [3.8, 4) is 0 Å². The Kier molecular flexibility index (Phi) is 6.23. The number of nitrogens with zero attached hydrogens (tertiary/aromatic N) is 2. The van der Waals surface area contributed by atoms with Gasteiger partial charge in [-0.15, -0.1) is 0 Å². The summed E-state index contributed by atoms with van der Waals surface area (Å²) in [4.78, 5) is 6.80. The number of nitrogens with one attached hydrogen (secondary N) is 1. The molecule has 2 rings (SSSR count). The Balaban J connectivity index is 1.90. The fourth-order valence-electron chi connectivity index (χ4n) is 3.19. The quantitative estimate of drug-likeness (QED) is 0.624. The highest BCUT2D eigenvalue weighted by molar-refractivity contribution is 7.89. The summed E-state index contributed by atoms with van der Waals surface area (Å²) >= 11 is 0. The molecule has 1 heterocycles. The molecule has 1 aliphatic heterocycles. The van der Waals surface area contributed by atoms with Gasteiger partial charge in [0.15, 0.2) is 5.96 Å². The van der Waals surface area contributed by atoms with Crippen molar-refractivity contribution in [1.29, 1.82) is 0 Å². The summed E-state index contributed by atoms with van der Waals surface area (Å²) in [6.45, 7) is 7.20. The molecule has 7 heteroatoms.